The molecule has 0 bridgehead atoms. The monoisotopic (exact) mass is 434 g/mol. The largest absolute Gasteiger partial charge is 0.497 e. The molecule has 168 valence electrons. The average Bonchev–Trinajstić information content (AvgIpc) is 3.47. The topological polar surface area (TPSA) is 86.4 Å². The van der Waals surface area contributed by atoms with Crippen LogP contribution in [0.1, 0.15) is 47.8 Å². The number of hydrogen-bond donors (Lipinski definition) is 2. The first kappa shape index (κ1) is 20.8. The maximum absolute atomic E-state index is 13.2. The number of amides is 1. The van der Waals surface area contributed by atoms with Gasteiger partial charge in [-0.2, -0.15) is 5.10 Å². The van der Waals surface area contributed by atoms with E-state index < -0.39 is 0 Å². The summed E-state index contributed by atoms with van der Waals surface area (Å²) in [5, 5.41) is 12.2. The van der Waals surface area contributed by atoms with Gasteiger partial charge in [-0.05, 0) is 76.2 Å². The SMILES string of the molecule is COc1cccc(C(=O)N2CCCC2c2ccc3c(NC4CCN(C)CC4)n[nH]c3n2)c1. The Bertz CT molecular complexity index is 1100. The molecular formula is C24H30N6O2. The lowest BCUT2D eigenvalue weighted by atomic mass is 10.1. The molecule has 2 N–H and O–H groups in total. The van der Waals surface area contributed by atoms with Gasteiger partial charge in [0, 0.05) is 18.2 Å². The summed E-state index contributed by atoms with van der Waals surface area (Å²) in [6.45, 7) is 2.93. The number of rotatable bonds is 5. The Morgan fingerprint density at radius 1 is 1.16 bits per heavy atom. The Labute approximate surface area is 187 Å². The van der Waals surface area contributed by atoms with E-state index in [0.29, 0.717) is 17.4 Å². The number of H-pyrrole nitrogens is 1. The fourth-order valence-electron chi connectivity index (χ4n) is 4.80. The standard InChI is InChI=1S/C24H30N6O2/c1-29-13-10-17(11-14-29)25-22-19-8-9-20(26-23(19)28-27-22)21-7-4-12-30(21)24(31)16-5-3-6-18(15-16)32-2/h3,5-6,8-9,15,17,21H,4,7,10-14H2,1-2H3,(H2,25,26,27,28). The molecule has 5 rings (SSSR count). The van der Waals surface area contributed by atoms with Crippen molar-refractivity contribution >= 4 is 22.8 Å². The third-order valence-corrected chi connectivity index (χ3v) is 6.68. The molecule has 3 aromatic rings. The zero-order valence-electron chi connectivity index (χ0n) is 18.7. The Kier molecular flexibility index (Phi) is 5.70. The smallest absolute Gasteiger partial charge is 0.254 e. The highest BCUT2D eigenvalue weighted by Gasteiger charge is 2.32. The lowest BCUT2D eigenvalue weighted by molar-refractivity contribution is 0.0732. The van der Waals surface area contributed by atoms with Crippen LogP contribution in [-0.4, -0.2) is 70.7 Å². The molecule has 1 atom stereocenters. The number of carbonyl (C=O) groups is 1. The second-order valence-electron chi connectivity index (χ2n) is 8.81. The molecule has 4 heterocycles. The number of carbonyl (C=O) groups excluding carboxylic acids is 1. The first-order chi connectivity index (χ1) is 15.6. The van der Waals surface area contributed by atoms with Crippen molar-refractivity contribution in [2.75, 3.05) is 39.1 Å². The normalized spacial score (nSPS) is 20.1. The highest BCUT2D eigenvalue weighted by molar-refractivity contribution is 5.95. The molecule has 32 heavy (non-hydrogen) atoms. The quantitative estimate of drug-likeness (QED) is 0.640. The third-order valence-electron chi connectivity index (χ3n) is 6.68. The lowest BCUT2D eigenvalue weighted by Gasteiger charge is -2.29. The van der Waals surface area contributed by atoms with Crippen molar-refractivity contribution < 1.29 is 9.53 Å². The Balaban J connectivity index is 1.35. The van der Waals surface area contributed by atoms with Gasteiger partial charge in [0.2, 0.25) is 0 Å². The number of ether oxygens (including phenoxy) is 1. The predicted octanol–water partition coefficient (Wildman–Crippen LogP) is 3.45. The summed E-state index contributed by atoms with van der Waals surface area (Å²) in [6.07, 6.45) is 4.09. The molecule has 1 amide bonds. The van der Waals surface area contributed by atoms with Gasteiger partial charge in [-0.1, -0.05) is 6.07 Å². The summed E-state index contributed by atoms with van der Waals surface area (Å²) in [5.74, 6) is 1.57. The second-order valence-corrected chi connectivity index (χ2v) is 8.81. The number of nitrogens with one attached hydrogen (secondary N) is 2. The fourth-order valence-corrected chi connectivity index (χ4v) is 4.80. The lowest BCUT2D eigenvalue weighted by Crippen LogP contribution is -2.36. The van der Waals surface area contributed by atoms with Crippen LogP contribution in [0.3, 0.4) is 0 Å². The van der Waals surface area contributed by atoms with Crippen LogP contribution in [0.15, 0.2) is 36.4 Å². The van der Waals surface area contributed by atoms with E-state index in [1.165, 1.54) is 0 Å². The Morgan fingerprint density at radius 2 is 2.00 bits per heavy atom. The van der Waals surface area contributed by atoms with E-state index in [0.717, 1.165) is 67.9 Å². The average molecular weight is 435 g/mol. The van der Waals surface area contributed by atoms with Crippen molar-refractivity contribution in [3.63, 3.8) is 0 Å². The number of likely N-dealkylation sites (tertiary alicyclic amines) is 2. The van der Waals surface area contributed by atoms with Gasteiger partial charge in [0.1, 0.15) is 5.75 Å². The molecule has 2 aliphatic rings. The van der Waals surface area contributed by atoms with Gasteiger partial charge < -0.3 is 19.9 Å². The molecule has 2 aliphatic heterocycles. The van der Waals surface area contributed by atoms with Crippen LogP contribution in [-0.2, 0) is 0 Å². The highest BCUT2D eigenvalue weighted by Crippen LogP contribution is 2.34. The molecular weight excluding hydrogens is 404 g/mol. The van der Waals surface area contributed by atoms with Crippen molar-refractivity contribution in [1.82, 2.24) is 25.0 Å². The van der Waals surface area contributed by atoms with Gasteiger partial charge in [-0.15, -0.1) is 0 Å². The number of benzene rings is 1. The Hall–Kier alpha value is -3.13. The van der Waals surface area contributed by atoms with Gasteiger partial charge in [0.05, 0.1) is 24.2 Å². The molecule has 8 nitrogen and oxygen atoms in total. The molecule has 2 fully saturated rings. The zero-order valence-corrected chi connectivity index (χ0v) is 18.7. The number of nitrogens with zero attached hydrogens (tertiary/aromatic N) is 4. The molecule has 1 aromatic carbocycles. The zero-order chi connectivity index (χ0) is 22.1. The van der Waals surface area contributed by atoms with Gasteiger partial charge >= 0.3 is 0 Å². The van der Waals surface area contributed by atoms with Crippen molar-refractivity contribution in [3.8, 4) is 5.75 Å². The maximum Gasteiger partial charge on any atom is 0.254 e. The van der Waals surface area contributed by atoms with Gasteiger partial charge in [-0.25, -0.2) is 4.98 Å². The highest BCUT2D eigenvalue weighted by atomic mass is 16.5. The first-order valence-electron chi connectivity index (χ1n) is 11.4. The van der Waals surface area contributed by atoms with Gasteiger partial charge in [0.25, 0.3) is 5.91 Å². The number of piperidine rings is 1. The molecule has 1 unspecified atom stereocenters. The maximum atomic E-state index is 13.2. The van der Waals surface area contributed by atoms with Gasteiger partial charge in [0.15, 0.2) is 11.5 Å². The summed E-state index contributed by atoms with van der Waals surface area (Å²) in [7, 11) is 3.78. The summed E-state index contributed by atoms with van der Waals surface area (Å²) in [6, 6.07) is 11.9. The van der Waals surface area contributed by atoms with E-state index in [-0.39, 0.29) is 11.9 Å². The molecule has 0 spiro atoms. The summed E-state index contributed by atoms with van der Waals surface area (Å²) >= 11 is 0. The van der Waals surface area contributed by atoms with Crippen molar-refractivity contribution in [1.29, 1.82) is 0 Å². The summed E-state index contributed by atoms with van der Waals surface area (Å²) in [4.78, 5) is 22.4. The van der Waals surface area contributed by atoms with Crippen LogP contribution in [0.2, 0.25) is 0 Å². The minimum atomic E-state index is -0.0355. The van der Waals surface area contributed by atoms with E-state index in [4.69, 9.17) is 9.72 Å². The van der Waals surface area contributed by atoms with Gasteiger partial charge in [-0.3, -0.25) is 9.89 Å². The molecule has 2 saturated heterocycles. The van der Waals surface area contributed by atoms with E-state index in [2.05, 4.69) is 33.5 Å². The number of aromatic nitrogens is 3. The van der Waals surface area contributed by atoms with E-state index in [9.17, 15) is 4.79 Å². The van der Waals surface area contributed by atoms with Crippen LogP contribution in [0.25, 0.3) is 11.0 Å². The van der Waals surface area contributed by atoms with Crippen LogP contribution in [0.4, 0.5) is 5.82 Å². The number of aromatic amines is 1. The molecule has 0 aliphatic carbocycles. The summed E-state index contributed by atoms with van der Waals surface area (Å²) < 4.78 is 5.29. The minimum Gasteiger partial charge on any atom is -0.497 e. The first-order valence-corrected chi connectivity index (χ1v) is 11.4. The number of fused-ring (bicyclic) bond motifs is 1. The van der Waals surface area contributed by atoms with E-state index in [1.54, 1.807) is 13.2 Å². The number of hydrogen-bond acceptors (Lipinski definition) is 6. The van der Waals surface area contributed by atoms with E-state index >= 15 is 0 Å². The third kappa shape index (κ3) is 4.02. The van der Waals surface area contributed by atoms with Crippen molar-refractivity contribution in [2.24, 2.45) is 0 Å². The number of pyridine rings is 1. The molecule has 2 aromatic heterocycles. The Morgan fingerprint density at radius 3 is 2.81 bits per heavy atom. The van der Waals surface area contributed by atoms with E-state index in [1.807, 2.05) is 29.2 Å². The molecule has 0 radical (unpaired) electrons. The van der Waals surface area contributed by atoms with Crippen molar-refractivity contribution in [3.05, 3.63) is 47.7 Å². The van der Waals surface area contributed by atoms with Crippen LogP contribution in [0, 0.1) is 0 Å². The summed E-state index contributed by atoms with van der Waals surface area (Å²) in [5.41, 5.74) is 2.31. The molecule has 8 heteroatoms. The fraction of sp³-hybridized carbons (Fsp3) is 0.458. The number of methoxy groups -OCH3 is 1. The second kappa shape index (κ2) is 8.78. The van der Waals surface area contributed by atoms with Crippen LogP contribution in [0.5, 0.6) is 5.75 Å². The van der Waals surface area contributed by atoms with Crippen LogP contribution >= 0.6 is 0 Å². The predicted molar refractivity (Wildman–Crippen MR) is 124 cm³/mol. The van der Waals surface area contributed by atoms with Crippen LogP contribution < -0.4 is 10.1 Å². The molecule has 0 saturated carbocycles. The minimum absolute atomic E-state index is 0.0162. The van der Waals surface area contributed by atoms with Crippen molar-refractivity contribution in [2.45, 2.75) is 37.8 Å². The number of anilines is 1.